The number of amidine groups is 2. The van der Waals surface area contributed by atoms with Gasteiger partial charge in [0.2, 0.25) is 5.84 Å². The molecule has 184 valence electrons. The smallest absolute Gasteiger partial charge is 0.268 e. The van der Waals surface area contributed by atoms with Crippen LogP contribution in [0.5, 0.6) is 0 Å². The Kier molecular flexibility index (Phi) is 11.3. The number of carbonyl (C=O) groups excluding carboxylic acids is 1. The van der Waals surface area contributed by atoms with Crippen molar-refractivity contribution in [2.24, 2.45) is 34.2 Å². The first kappa shape index (κ1) is 28.1. The molecular formula is C23H47N8O+. The zero-order valence-corrected chi connectivity index (χ0v) is 21.1. The fourth-order valence-electron chi connectivity index (χ4n) is 4.36. The summed E-state index contributed by atoms with van der Waals surface area (Å²) in [5.74, 6) is 1.40. The molecule has 0 heterocycles. The van der Waals surface area contributed by atoms with Crippen molar-refractivity contribution in [2.45, 2.75) is 78.3 Å². The van der Waals surface area contributed by atoms with Crippen molar-refractivity contribution in [3.63, 3.8) is 0 Å². The molecule has 0 saturated heterocycles. The molecular weight excluding hydrogens is 404 g/mol. The van der Waals surface area contributed by atoms with Crippen LogP contribution >= 0.6 is 0 Å². The number of amides is 1. The Bertz CT molecular complexity index is 704. The molecule has 1 aliphatic rings. The van der Waals surface area contributed by atoms with Gasteiger partial charge in [-0.15, -0.1) is 0 Å². The molecule has 5 unspecified atom stereocenters. The molecule has 5 atom stereocenters. The van der Waals surface area contributed by atoms with Crippen molar-refractivity contribution < 1.29 is 10.1 Å². The van der Waals surface area contributed by atoms with Gasteiger partial charge in [0, 0.05) is 32.0 Å². The maximum Gasteiger partial charge on any atom is 0.268 e. The lowest BCUT2D eigenvalue weighted by Gasteiger charge is -2.37. The monoisotopic (exact) mass is 451 g/mol. The first-order valence-electron chi connectivity index (χ1n) is 11.9. The molecule has 9 nitrogen and oxygen atoms in total. The van der Waals surface area contributed by atoms with E-state index in [4.69, 9.17) is 16.9 Å². The van der Waals surface area contributed by atoms with E-state index in [1.807, 2.05) is 19.3 Å². The minimum Gasteiger partial charge on any atom is -0.393 e. The van der Waals surface area contributed by atoms with Crippen LogP contribution in [-0.4, -0.2) is 49.8 Å². The molecule has 0 aliphatic heterocycles. The Balaban J connectivity index is 3.11. The summed E-state index contributed by atoms with van der Waals surface area (Å²) in [5.41, 5.74) is 18.1. The second kappa shape index (κ2) is 12.9. The largest absolute Gasteiger partial charge is 0.393 e. The highest BCUT2D eigenvalue weighted by atomic mass is 16.2. The van der Waals surface area contributed by atoms with Crippen molar-refractivity contribution in [3.8, 4) is 0 Å². The third kappa shape index (κ3) is 7.56. The van der Waals surface area contributed by atoms with Gasteiger partial charge in [0.1, 0.15) is 17.1 Å². The molecule has 1 amide bonds. The third-order valence-electron chi connectivity index (χ3n) is 7.37. The van der Waals surface area contributed by atoms with E-state index >= 15 is 0 Å². The van der Waals surface area contributed by atoms with Crippen LogP contribution in [0.2, 0.25) is 0 Å². The molecule has 0 aromatic heterocycles. The van der Waals surface area contributed by atoms with Crippen LogP contribution in [0.1, 0.15) is 66.7 Å². The van der Waals surface area contributed by atoms with Crippen LogP contribution < -0.4 is 33.0 Å². The van der Waals surface area contributed by atoms with Crippen molar-refractivity contribution >= 4 is 17.6 Å². The van der Waals surface area contributed by atoms with Crippen molar-refractivity contribution in [2.75, 3.05) is 20.6 Å². The molecule has 1 aliphatic carbocycles. The van der Waals surface area contributed by atoms with E-state index in [0.29, 0.717) is 18.4 Å². The lowest BCUT2D eigenvalue weighted by Crippen LogP contribution is -2.94. The zero-order chi connectivity index (χ0) is 24.5. The van der Waals surface area contributed by atoms with Gasteiger partial charge in [0.05, 0.1) is 6.04 Å². The van der Waals surface area contributed by atoms with E-state index in [-0.39, 0.29) is 34.9 Å². The van der Waals surface area contributed by atoms with Gasteiger partial charge in [0.15, 0.2) is 0 Å². The minimum absolute atomic E-state index is 0.0531. The lowest BCUT2D eigenvalue weighted by atomic mass is 9.79. The Labute approximate surface area is 194 Å². The van der Waals surface area contributed by atoms with E-state index in [9.17, 15) is 4.79 Å². The predicted molar refractivity (Wildman–Crippen MR) is 132 cm³/mol. The van der Waals surface area contributed by atoms with Crippen LogP contribution in [0, 0.1) is 23.2 Å². The van der Waals surface area contributed by atoms with E-state index < -0.39 is 11.4 Å². The van der Waals surface area contributed by atoms with E-state index in [0.717, 1.165) is 32.1 Å². The summed E-state index contributed by atoms with van der Waals surface area (Å²) in [6, 6.07) is 0.280. The molecule has 10 N–H and O–H groups in total. The van der Waals surface area contributed by atoms with Gasteiger partial charge in [0.25, 0.3) is 5.91 Å². The Morgan fingerprint density at radius 3 is 2.47 bits per heavy atom. The van der Waals surface area contributed by atoms with Gasteiger partial charge in [-0.25, -0.2) is 5.41 Å². The van der Waals surface area contributed by atoms with Gasteiger partial charge in [-0.1, -0.05) is 34.1 Å². The summed E-state index contributed by atoms with van der Waals surface area (Å²) >= 11 is 0. The van der Waals surface area contributed by atoms with E-state index in [2.05, 4.69) is 48.9 Å². The summed E-state index contributed by atoms with van der Waals surface area (Å²) in [6.07, 6.45) is 4.82. The van der Waals surface area contributed by atoms with Crippen LogP contribution in [0.25, 0.3) is 0 Å². The quantitative estimate of drug-likeness (QED) is 0.0804. The van der Waals surface area contributed by atoms with Crippen molar-refractivity contribution in [1.29, 1.82) is 5.41 Å². The normalized spacial score (nSPS) is 25.5. The average Bonchev–Trinajstić information content (AvgIpc) is 2.75. The topological polar surface area (TPSA) is 158 Å². The SMILES string of the molecule is CCC(C)C(C)(CCNNC)NC(=O)C(N)=C(C(=N)[NH2+]C1CCC(C)C(C)C1)C(N)=NC. The Hall–Kier alpha value is -1.97. The molecule has 0 bridgehead atoms. The number of hydrogen-bond donors (Lipinski definition) is 7. The maximum atomic E-state index is 13.2. The molecule has 1 fully saturated rings. The summed E-state index contributed by atoms with van der Waals surface area (Å²) in [4.78, 5) is 17.3. The van der Waals surface area contributed by atoms with Crippen LogP contribution in [0.15, 0.2) is 16.3 Å². The highest BCUT2D eigenvalue weighted by Gasteiger charge is 2.34. The number of hydrogen-bond acceptors (Lipinski definition) is 6. The van der Waals surface area contributed by atoms with Crippen molar-refractivity contribution in [3.05, 3.63) is 11.3 Å². The molecule has 1 rings (SSSR count). The van der Waals surface area contributed by atoms with E-state index in [1.54, 1.807) is 7.05 Å². The number of quaternary nitrogens is 1. The summed E-state index contributed by atoms with van der Waals surface area (Å²) in [5, 5.41) is 13.7. The summed E-state index contributed by atoms with van der Waals surface area (Å²) < 4.78 is 0. The minimum atomic E-state index is -0.468. The number of nitrogens with two attached hydrogens (primary N) is 3. The number of aliphatic imine (C=N–C) groups is 1. The van der Waals surface area contributed by atoms with Crippen LogP contribution in [0.4, 0.5) is 0 Å². The molecule has 32 heavy (non-hydrogen) atoms. The summed E-state index contributed by atoms with van der Waals surface area (Å²) in [6.45, 7) is 11.5. The number of carbonyl (C=O) groups is 1. The molecule has 0 aromatic rings. The predicted octanol–water partition coefficient (Wildman–Crippen LogP) is 0.587. The first-order chi connectivity index (χ1) is 15.0. The Morgan fingerprint density at radius 2 is 1.94 bits per heavy atom. The van der Waals surface area contributed by atoms with Crippen LogP contribution in [-0.2, 0) is 4.79 Å². The highest BCUT2D eigenvalue weighted by Crippen LogP contribution is 2.28. The lowest BCUT2D eigenvalue weighted by molar-refractivity contribution is -0.586. The first-order valence-corrected chi connectivity index (χ1v) is 11.9. The molecule has 0 radical (unpaired) electrons. The molecule has 0 spiro atoms. The van der Waals surface area contributed by atoms with Gasteiger partial charge < -0.3 is 16.8 Å². The average molecular weight is 452 g/mol. The fourth-order valence-corrected chi connectivity index (χ4v) is 4.36. The number of rotatable bonds is 11. The molecule has 1 saturated carbocycles. The standard InChI is InChI=1S/C23H46N8O/c1-8-16(4)23(5,11-12-29-28-7)31-22(32)19(24)18(20(25)27-6)21(26)30-17-10-9-14(2)15(3)13-17/h14-17,28-29H,8-13,24H2,1-7H3,(H2,25,27)(H2,26,30)(H,31,32)/p+1. The second-order valence-electron chi connectivity index (χ2n) is 9.61. The van der Waals surface area contributed by atoms with Gasteiger partial charge >= 0.3 is 0 Å². The van der Waals surface area contributed by atoms with Gasteiger partial charge in [-0.3, -0.25) is 26.0 Å². The van der Waals surface area contributed by atoms with E-state index in [1.165, 1.54) is 0 Å². The van der Waals surface area contributed by atoms with Crippen molar-refractivity contribution in [1.82, 2.24) is 16.2 Å². The van der Waals surface area contributed by atoms with Crippen LogP contribution in [0.3, 0.4) is 0 Å². The van der Waals surface area contributed by atoms with Gasteiger partial charge in [-0.05, 0) is 44.6 Å². The molecule has 0 aromatic carbocycles. The Morgan fingerprint density at radius 1 is 1.28 bits per heavy atom. The maximum absolute atomic E-state index is 13.2. The van der Waals surface area contributed by atoms with Gasteiger partial charge in [-0.2, -0.15) is 0 Å². The number of hydrazine groups is 1. The fraction of sp³-hybridized carbons (Fsp3) is 0.783. The highest BCUT2D eigenvalue weighted by molar-refractivity contribution is 6.22. The second-order valence-corrected chi connectivity index (χ2v) is 9.61. The summed E-state index contributed by atoms with van der Waals surface area (Å²) in [7, 11) is 3.36. The zero-order valence-electron chi connectivity index (χ0n) is 21.1. The number of nitrogens with one attached hydrogen (secondary N) is 4. The third-order valence-corrected chi connectivity index (χ3v) is 7.37. The molecule has 9 heteroatoms. The number of nitrogens with zero attached hydrogens (tertiary/aromatic N) is 1.